The molecule has 0 spiro atoms. The smallest absolute Gasteiger partial charge is 0.255 e. The summed E-state index contributed by atoms with van der Waals surface area (Å²) < 4.78 is 34.5. The molecule has 1 atom stereocenters. The van der Waals surface area contributed by atoms with Gasteiger partial charge in [0.25, 0.3) is 11.8 Å². The van der Waals surface area contributed by atoms with E-state index >= 15 is 0 Å². The molecule has 1 aromatic rings. The van der Waals surface area contributed by atoms with Crippen molar-refractivity contribution in [3.05, 3.63) is 11.8 Å². The fourth-order valence-corrected chi connectivity index (χ4v) is 1.05. The molecule has 0 aromatic carbocycles. The van der Waals surface area contributed by atoms with Crippen LogP contribution in [0, 0.1) is 12.8 Å². The largest absolute Gasteiger partial charge is 0.475 e. The number of halogens is 2. The Morgan fingerprint density at radius 3 is 2.92 bits per heavy atom. The second-order valence-electron chi connectivity index (χ2n) is 3.25. The van der Waals surface area contributed by atoms with Crippen molar-refractivity contribution in [2.24, 2.45) is 5.92 Å². The quantitative estimate of drug-likeness (QED) is 0.729. The molecule has 1 fully saturated rings. The third-order valence-corrected chi connectivity index (χ3v) is 1.99. The third kappa shape index (κ3) is 1.79. The van der Waals surface area contributed by atoms with Gasteiger partial charge < -0.3 is 9.26 Å². The maximum absolute atomic E-state index is 12.4. The molecule has 1 unspecified atom stereocenters. The highest BCUT2D eigenvalue weighted by molar-refractivity contribution is 5.10. The first-order chi connectivity index (χ1) is 6.08. The molecule has 1 aliphatic rings. The van der Waals surface area contributed by atoms with Crippen molar-refractivity contribution < 1.29 is 18.0 Å². The predicted octanol–water partition coefficient (Wildman–Crippen LogP) is 2.02. The van der Waals surface area contributed by atoms with E-state index in [1.165, 1.54) is 0 Å². The molecule has 1 saturated carbocycles. The van der Waals surface area contributed by atoms with Crippen LogP contribution < -0.4 is 4.74 Å². The highest BCUT2D eigenvalue weighted by Gasteiger charge is 2.57. The first-order valence-electron chi connectivity index (χ1n) is 4.02. The molecule has 0 radical (unpaired) electrons. The van der Waals surface area contributed by atoms with E-state index in [2.05, 4.69) is 5.16 Å². The van der Waals surface area contributed by atoms with Crippen molar-refractivity contribution in [1.29, 1.82) is 0 Å². The first-order valence-corrected chi connectivity index (χ1v) is 4.02. The van der Waals surface area contributed by atoms with Gasteiger partial charge in [0.15, 0.2) is 0 Å². The Bertz CT molecular complexity index is 311. The molecule has 0 N–H and O–H groups in total. The van der Waals surface area contributed by atoms with Crippen LogP contribution in [0.2, 0.25) is 0 Å². The second kappa shape index (κ2) is 2.68. The SMILES string of the molecule is Cc1cc(OCC2CC2(F)F)no1. The van der Waals surface area contributed by atoms with Crippen molar-refractivity contribution in [3.63, 3.8) is 0 Å². The first kappa shape index (κ1) is 8.47. The lowest BCUT2D eigenvalue weighted by molar-refractivity contribution is 0.0843. The molecule has 3 nitrogen and oxygen atoms in total. The minimum absolute atomic E-state index is 0.0129. The summed E-state index contributed by atoms with van der Waals surface area (Å²) in [4.78, 5) is 0. The van der Waals surface area contributed by atoms with Crippen LogP contribution in [0.3, 0.4) is 0 Å². The maximum Gasteiger partial charge on any atom is 0.255 e. The Hall–Kier alpha value is -1.13. The average Bonchev–Trinajstić information content (AvgIpc) is 2.45. The van der Waals surface area contributed by atoms with Gasteiger partial charge in [0.05, 0.1) is 12.5 Å². The average molecular weight is 189 g/mol. The molecule has 5 heteroatoms. The number of ether oxygens (including phenoxy) is 1. The van der Waals surface area contributed by atoms with Crippen molar-refractivity contribution in [1.82, 2.24) is 5.16 Å². The molecule has 1 aliphatic carbocycles. The van der Waals surface area contributed by atoms with Crippen LogP contribution in [0.15, 0.2) is 10.6 Å². The summed E-state index contributed by atoms with van der Waals surface area (Å²) in [5.74, 6) is -2.29. The molecule has 0 aliphatic heterocycles. The number of aryl methyl sites for hydroxylation is 1. The van der Waals surface area contributed by atoms with E-state index in [0.29, 0.717) is 5.76 Å². The Balaban J connectivity index is 1.81. The lowest BCUT2D eigenvalue weighted by Crippen LogP contribution is -2.05. The molecular weight excluding hydrogens is 180 g/mol. The zero-order valence-electron chi connectivity index (χ0n) is 7.09. The fourth-order valence-electron chi connectivity index (χ4n) is 1.05. The number of hydrogen-bond acceptors (Lipinski definition) is 3. The van der Waals surface area contributed by atoms with E-state index < -0.39 is 11.8 Å². The van der Waals surface area contributed by atoms with Gasteiger partial charge in [0, 0.05) is 12.5 Å². The van der Waals surface area contributed by atoms with Gasteiger partial charge in [-0.05, 0) is 12.1 Å². The van der Waals surface area contributed by atoms with E-state index in [0.717, 1.165) is 0 Å². The standard InChI is InChI=1S/C8H9F2NO2/c1-5-2-7(11-13-5)12-4-6-3-8(6,9)10/h2,6H,3-4H2,1H3. The van der Waals surface area contributed by atoms with Gasteiger partial charge in [-0.2, -0.15) is 0 Å². The summed E-state index contributed by atoms with van der Waals surface area (Å²) in [5.41, 5.74) is 0. The summed E-state index contributed by atoms with van der Waals surface area (Å²) in [5, 5.41) is 3.52. The van der Waals surface area contributed by atoms with Crippen LogP contribution in [0.1, 0.15) is 12.2 Å². The summed E-state index contributed by atoms with van der Waals surface area (Å²) in [6.07, 6.45) is -0.0795. The van der Waals surface area contributed by atoms with Crippen LogP contribution in [0.4, 0.5) is 8.78 Å². The van der Waals surface area contributed by atoms with Crippen molar-refractivity contribution in [2.75, 3.05) is 6.61 Å². The summed E-state index contributed by atoms with van der Waals surface area (Å²) in [7, 11) is 0. The molecule has 0 saturated heterocycles. The molecule has 0 bridgehead atoms. The van der Waals surface area contributed by atoms with Crippen molar-refractivity contribution in [3.8, 4) is 5.88 Å². The van der Waals surface area contributed by atoms with Gasteiger partial charge in [-0.25, -0.2) is 8.78 Å². The molecule has 2 rings (SSSR count). The number of hydrogen-bond donors (Lipinski definition) is 0. The minimum Gasteiger partial charge on any atom is -0.475 e. The Labute approximate surface area is 73.7 Å². The molecule has 0 amide bonds. The normalized spacial score (nSPS) is 24.4. The highest BCUT2D eigenvalue weighted by atomic mass is 19.3. The number of alkyl halides is 2. The zero-order chi connectivity index (χ0) is 9.47. The number of aromatic nitrogens is 1. The van der Waals surface area contributed by atoms with E-state index in [-0.39, 0.29) is 18.9 Å². The molecule has 1 aromatic heterocycles. The van der Waals surface area contributed by atoms with Crippen molar-refractivity contribution in [2.45, 2.75) is 19.3 Å². The van der Waals surface area contributed by atoms with Gasteiger partial charge >= 0.3 is 0 Å². The van der Waals surface area contributed by atoms with E-state index in [9.17, 15) is 8.78 Å². The lowest BCUT2D eigenvalue weighted by atomic mass is 10.4. The summed E-state index contributed by atoms with van der Waals surface area (Å²) in [6.45, 7) is 1.73. The monoisotopic (exact) mass is 189 g/mol. The molecular formula is C8H9F2NO2. The Kier molecular flexibility index (Phi) is 1.75. The predicted molar refractivity (Wildman–Crippen MR) is 39.8 cm³/mol. The van der Waals surface area contributed by atoms with Crippen molar-refractivity contribution >= 4 is 0 Å². The maximum atomic E-state index is 12.4. The van der Waals surface area contributed by atoms with E-state index in [1.54, 1.807) is 13.0 Å². The minimum atomic E-state index is -2.53. The van der Waals surface area contributed by atoms with Gasteiger partial charge in [-0.1, -0.05) is 0 Å². The van der Waals surface area contributed by atoms with Crippen LogP contribution in [0.25, 0.3) is 0 Å². The summed E-state index contributed by atoms with van der Waals surface area (Å²) >= 11 is 0. The Morgan fingerprint density at radius 1 is 1.77 bits per heavy atom. The van der Waals surface area contributed by atoms with Crippen LogP contribution >= 0.6 is 0 Å². The number of nitrogens with zero attached hydrogens (tertiary/aromatic N) is 1. The third-order valence-electron chi connectivity index (χ3n) is 1.99. The Morgan fingerprint density at radius 2 is 2.46 bits per heavy atom. The summed E-state index contributed by atoms with van der Waals surface area (Å²) in [6, 6.07) is 1.57. The second-order valence-corrected chi connectivity index (χ2v) is 3.25. The van der Waals surface area contributed by atoms with E-state index in [1.807, 2.05) is 0 Å². The van der Waals surface area contributed by atoms with Crippen LogP contribution in [-0.2, 0) is 0 Å². The topological polar surface area (TPSA) is 35.3 Å². The fraction of sp³-hybridized carbons (Fsp3) is 0.625. The van der Waals surface area contributed by atoms with Crippen LogP contribution in [0.5, 0.6) is 5.88 Å². The number of rotatable bonds is 3. The lowest BCUT2D eigenvalue weighted by Gasteiger charge is -1.98. The van der Waals surface area contributed by atoms with Gasteiger partial charge in [0.1, 0.15) is 5.76 Å². The van der Waals surface area contributed by atoms with Gasteiger partial charge in [0.2, 0.25) is 0 Å². The van der Waals surface area contributed by atoms with Gasteiger partial charge in [-0.15, -0.1) is 0 Å². The van der Waals surface area contributed by atoms with E-state index in [4.69, 9.17) is 9.26 Å². The van der Waals surface area contributed by atoms with Crippen LogP contribution in [-0.4, -0.2) is 17.7 Å². The molecule has 1 heterocycles. The molecule has 13 heavy (non-hydrogen) atoms. The highest BCUT2D eigenvalue weighted by Crippen LogP contribution is 2.48. The van der Waals surface area contributed by atoms with Gasteiger partial charge in [-0.3, -0.25) is 0 Å². The molecule has 72 valence electrons. The zero-order valence-corrected chi connectivity index (χ0v) is 7.09.